The Morgan fingerprint density at radius 1 is 1.02 bits per heavy atom. The third-order valence-electron chi connectivity index (χ3n) is 6.66. The number of nitrogens with one attached hydrogen (secondary N) is 1. The highest BCUT2D eigenvalue weighted by Gasteiger charge is 2.22. The van der Waals surface area contributed by atoms with Gasteiger partial charge in [-0.2, -0.15) is 11.8 Å². The molecule has 0 fully saturated rings. The Morgan fingerprint density at radius 3 is 2.37 bits per heavy atom. The number of carbonyl (C=O) groups excluding carboxylic acids is 1. The molecule has 0 saturated heterocycles. The minimum absolute atomic E-state index is 0.298. The van der Waals surface area contributed by atoms with Gasteiger partial charge < -0.3 is 15.0 Å². The first kappa shape index (κ1) is 29.7. The van der Waals surface area contributed by atoms with E-state index in [-0.39, 0.29) is 11.6 Å². The second-order valence-electron chi connectivity index (χ2n) is 9.60. The van der Waals surface area contributed by atoms with Crippen LogP contribution >= 0.6 is 11.8 Å². The van der Waals surface area contributed by atoms with Crippen molar-refractivity contribution in [3.05, 3.63) is 125 Å². The van der Waals surface area contributed by atoms with Gasteiger partial charge in [0.2, 0.25) is 0 Å². The van der Waals surface area contributed by atoms with Crippen molar-refractivity contribution in [1.29, 1.82) is 0 Å². The molecule has 0 spiro atoms. The lowest BCUT2D eigenvalue weighted by atomic mass is 9.95. The van der Waals surface area contributed by atoms with Crippen LogP contribution in [0.5, 0.6) is 0 Å². The standard InChI is InChI=1S/C32H31F2N3O3S/c1-41-17-14-30(32(39)40)36-31(38)29-19-23(3-7-25(29)6-2-22-4-10-27(33)11-5-22)18-26(20-37-16-15-35-21-37)24-8-12-28(34)13-9-24/h3-5,7-13,15-16,18-19,21,30H,2,6,14,17,20H2,1H3,(H,36,38)(H,39,40)/b26-18-/t30-/m0/s1. The predicted octanol–water partition coefficient (Wildman–Crippen LogP) is 6.12. The lowest BCUT2D eigenvalue weighted by Crippen LogP contribution is -2.41. The fourth-order valence-corrected chi connectivity index (χ4v) is 4.91. The summed E-state index contributed by atoms with van der Waals surface area (Å²) in [6, 6.07) is 16.9. The fourth-order valence-electron chi connectivity index (χ4n) is 4.43. The monoisotopic (exact) mass is 575 g/mol. The van der Waals surface area contributed by atoms with Gasteiger partial charge in [-0.15, -0.1) is 0 Å². The quantitative estimate of drug-likeness (QED) is 0.188. The van der Waals surface area contributed by atoms with Crippen LogP contribution in [-0.4, -0.2) is 44.6 Å². The van der Waals surface area contributed by atoms with Gasteiger partial charge in [-0.1, -0.05) is 36.4 Å². The van der Waals surface area contributed by atoms with Gasteiger partial charge in [0.05, 0.1) is 6.33 Å². The molecular formula is C32H31F2N3O3S. The summed E-state index contributed by atoms with van der Waals surface area (Å²) in [5.74, 6) is -1.62. The number of halogens is 2. The number of carboxylic acids is 1. The van der Waals surface area contributed by atoms with Crippen LogP contribution < -0.4 is 5.32 Å². The van der Waals surface area contributed by atoms with Crippen molar-refractivity contribution in [1.82, 2.24) is 14.9 Å². The van der Waals surface area contributed by atoms with Gasteiger partial charge in [-0.3, -0.25) is 4.79 Å². The number of allylic oxidation sites excluding steroid dienone is 1. The molecule has 0 aliphatic rings. The molecule has 0 saturated carbocycles. The molecule has 0 unspecified atom stereocenters. The molecule has 6 nitrogen and oxygen atoms in total. The third kappa shape index (κ3) is 8.62. The Labute approximate surface area is 242 Å². The molecule has 212 valence electrons. The number of rotatable bonds is 13. The normalized spacial score (nSPS) is 12.2. The molecule has 4 rings (SSSR count). The van der Waals surface area contributed by atoms with E-state index in [0.29, 0.717) is 37.1 Å². The summed E-state index contributed by atoms with van der Waals surface area (Å²) in [5, 5.41) is 12.4. The number of aromatic nitrogens is 2. The summed E-state index contributed by atoms with van der Waals surface area (Å²) in [4.78, 5) is 29.4. The van der Waals surface area contributed by atoms with Crippen molar-refractivity contribution in [2.75, 3.05) is 12.0 Å². The second-order valence-corrected chi connectivity index (χ2v) is 10.6. The Bertz CT molecular complexity index is 1490. The molecule has 9 heteroatoms. The van der Waals surface area contributed by atoms with Crippen LogP contribution in [0.1, 0.15) is 39.0 Å². The largest absolute Gasteiger partial charge is 0.480 e. The highest BCUT2D eigenvalue weighted by atomic mass is 32.2. The maximum absolute atomic E-state index is 13.7. The Hall–Kier alpha value is -4.24. The van der Waals surface area contributed by atoms with Gasteiger partial charge in [0, 0.05) is 24.5 Å². The number of benzene rings is 3. The molecule has 4 aromatic rings. The van der Waals surface area contributed by atoms with E-state index in [4.69, 9.17) is 0 Å². The number of imidazole rings is 1. The van der Waals surface area contributed by atoms with Crippen molar-refractivity contribution in [3.8, 4) is 0 Å². The lowest BCUT2D eigenvalue weighted by molar-refractivity contribution is -0.139. The highest BCUT2D eigenvalue weighted by Crippen LogP contribution is 2.24. The summed E-state index contributed by atoms with van der Waals surface area (Å²) >= 11 is 1.51. The summed E-state index contributed by atoms with van der Waals surface area (Å²) in [5.41, 5.74) is 4.46. The Balaban J connectivity index is 1.69. The zero-order valence-electron chi connectivity index (χ0n) is 22.6. The van der Waals surface area contributed by atoms with Crippen LogP contribution in [0.3, 0.4) is 0 Å². The van der Waals surface area contributed by atoms with E-state index in [9.17, 15) is 23.5 Å². The van der Waals surface area contributed by atoms with Crippen LogP contribution in [0.15, 0.2) is 85.5 Å². The molecule has 1 amide bonds. The van der Waals surface area contributed by atoms with Crippen LogP contribution in [0.4, 0.5) is 8.78 Å². The maximum atomic E-state index is 13.7. The van der Waals surface area contributed by atoms with E-state index in [1.54, 1.807) is 42.9 Å². The van der Waals surface area contributed by atoms with Gasteiger partial charge in [-0.05, 0) is 95.5 Å². The van der Waals surface area contributed by atoms with E-state index < -0.39 is 17.9 Å². The van der Waals surface area contributed by atoms with E-state index in [2.05, 4.69) is 10.3 Å². The number of amides is 1. The number of aryl methyl sites for hydroxylation is 2. The van der Waals surface area contributed by atoms with Gasteiger partial charge in [0.25, 0.3) is 5.91 Å². The summed E-state index contributed by atoms with van der Waals surface area (Å²) in [6.45, 7) is 0.468. The summed E-state index contributed by atoms with van der Waals surface area (Å²) < 4.78 is 28.9. The molecular weight excluding hydrogens is 544 g/mol. The molecule has 41 heavy (non-hydrogen) atoms. The molecule has 1 atom stereocenters. The van der Waals surface area contributed by atoms with E-state index in [1.807, 2.05) is 35.2 Å². The molecule has 1 aromatic heterocycles. The molecule has 0 bridgehead atoms. The van der Waals surface area contributed by atoms with Gasteiger partial charge >= 0.3 is 5.97 Å². The zero-order valence-corrected chi connectivity index (χ0v) is 23.4. The smallest absolute Gasteiger partial charge is 0.326 e. The first-order chi connectivity index (χ1) is 19.8. The van der Waals surface area contributed by atoms with E-state index in [0.717, 1.165) is 27.8 Å². The van der Waals surface area contributed by atoms with Crippen LogP contribution in [0.25, 0.3) is 11.6 Å². The number of carboxylic acid groups (broad SMARTS) is 1. The van der Waals surface area contributed by atoms with Crippen molar-refractivity contribution >= 4 is 35.3 Å². The third-order valence-corrected chi connectivity index (χ3v) is 7.30. The number of aliphatic carboxylic acids is 1. The fraction of sp³-hybridized carbons (Fsp3) is 0.219. The number of thioether (sulfide) groups is 1. The summed E-state index contributed by atoms with van der Waals surface area (Å²) in [6.07, 6.45) is 10.4. The molecule has 1 heterocycles. The highest BCUT2D eigenvalue weighted by molar-refractivity contribution is 7.98. The SMILES string of the molecule is CSCC[C@H](NC(=O)c1cc(/C=C(/Cn2ccnc2)c2ccc(F)cc2)ccc1CCc1ccc(F)cc1)C(=O)O. The van der Waals surface area contributed by atoms with Crippen molar-refractivity contribution in [3.63, 3.8) is 0 Å². The van der Waals surface area contributed by atoms with Gasteiger partial charge in [0.15, 0.2) is 0 Å². The Kier molecular flexibility index (Phi) is 10.5. The predicted molar refractivity (Wildman–Crippen MR) is 159 cm³/mol. The zero-order chi connectivity index (χ0) is 29.2. The van der Waals surface area contributed by atoms with Crippen molar-refractivity contribution in [2.24, 2.45) is 0 Å². The van der Waals surface area contributed by atoms with E-state index in [1.165, 1.54) is 36.0 Å². The number of nitrogens with zero attached hydrogens (tertiary/aromatic N) is 2. The minimum atomic E-state index is -1.09. The average Bonchev–Trinajstić information content (AvgIpc) is 3.48. The van der Waals surface area contributed by atoms with Gasteiger partial charge in [-0.25, -0.2) is 18.6 Å². The summed E-state index contributed by atoms with van der Waals surface area (Å²) in [7, 11) is 0. The second kappa shape index (κ2) is 14.4. The van der Waals surface area contributed by atoms with Gasteiger partial charge in [0.1, 0.15) is 17.7 Å². The minimum Gasteiger partial charge on any atom is -0.480 e. The first-order valence-electron chi connectivity index (χ1n) is 13.1. The molecule has 0 aliphatic heterocycles. The molecule has 2 N–H and O–H groups in total. The molecule has 0 aliphatic carbocycles. The lowest BCUT2D eigenvalue weighted by Gasteiger charge is -2.17. The van der Waals surface area contributed by atoms with Crippen molar-refractivity contribution < 1.29 is 23.5 Å². The van der Waals surface area contributed by atoms with Crippen LogP contribution in [0.2, 0.25) is 0 Å². The Morgan fingerprint density at radius 2 is 1.73 bits per heavy atom. The molecule has 3 aromatic carbocycles. The average molecular weight is 576 g/mol. The van der Waals surface area contributed by atoms with Crippen LogP contribution in [-0.2, 0) is 24.2 Å². The molecule has 0 radical (unpaired) electrons. The number of hydrogen-bond acceptors (Lipinski definition) is 4. The number of hydrogen-bond donors (Lipinski definition) is 2. The topological polar surface area (TPSA) is 84.2 Å². The maximum Gasteiger partial charge on any atom is 0.326 e. The number of carbonyl (C=O) groups is 2. The first-order valence-corrected chi connectivity index (χ1v) is 14.5. The van der Waals surface area contributed by atoms with Crippen LogP contribution in [0, 0.1) is 11.6 Å². The van der Waals surface area contributed by atoms with Crippen molar-refractivity contribution in [2.45, 2.75) is 31.8 Å². The van der Waals surface area contributed by atoms with E-state index >= 15 is 0 Å².